The van der Waals surface area contributed by atoms with Gasteiger partial charge in [0, 0.05) is 25.7 Å². The van der Waals surface area contributed by atoms with Crippen LogP contribution in [0.25, 0.3) is 0 Å². The third-order valence-electron chi connectivity index (χ3n) is 4.91. The number of hydrogen-bond donors (Lipinski definition) is 2. The molecule has 0 unspecified atom stereocenters. The first-order chi connectivity index (χ1) is 10.3. The number of nitrogens with one attached hydrogen (secondary N) is 1. The maximum absolute atomic E-state index is 12.7. The van der Waals surface area contributed by atoms with E-state index in [1.165, 1.54) is 38.5 Å². The molecule has 2 rings (SSSR count). The lowest BCUT2D eigenvalue weighted by Gasteiger charge is -2.41. The Labute approximate surface area is 135 Å². The van der Waals surface area contributed by atoms with E-state index in [2.05, 4.69) is 26.1 Å². The van der Waals surface area contributed by atoms with Crippen LogP contribution in [0.4, 0.5) is 0 Å². The van der Waals surface area contributed by atoms with E-state index in [0.29, 0.717) is 19.0 Å². The van der Waals surface area contributed by atoms with Crippen molar-refractivity contribution < 1.29 is 9.90 Å². The van der Waals surface area contributed by atoms with Gasteiger partial charge in [-0.2, -0.15) is 0 Å². The van der Waals surface area contributed by atoms with Gasteiger partial charge in [-0.15, -0.1) is 0 Å². The van der Waals surface area contributed by atoms with Crippen molar-refractivity contribution in [2.45, 2.75) is 83.8 Å². The average molecular weight is 310 g/mol. The third-order valence-corrected chi connectivity index (χ3v) is 4.91. The lowest BCUT2D eigenvalue weighted by molar-refractivity contribution is -0.158. The van der Waals surface area contributed by atoms with Crippen molar-refractivity contribution in [3.63, 3.8) is 0 Å². The van der Waals surface area contributed by atoms with Crippen LogP contribution in [0, 0.1) is 5.41 Å². The molecule has 4 heteroatoms. The molecule has 22 heavy (non-hydrogen) atoms. The number of carbonyl (C=O) groups is 1. The maximum Gasteiger partial charge on any atom is 0.255 e. The predicted molar refractivity (Wildman–Crippen MR) is 89.7 cm³/mol. The van der Waals surface area contributed by atoms with E-state index < -0.39 is 5.60 Å². The predicted octanol–water partition coefficient (Wildman–Crippen LogP) is 2.70. The standard InChI is InChI=1S/C18H34N2O2/c1-17(2,3)14-20-12-8-11-18(22,16(20)21)13-19-15-9-6-4-5-7-10-15/h15,19,22H,4-14H2,1-3H3/t18-/m0/s1. The molecule has 0 aromatic carbocycles. The summed E-state index contributed by atoms with van der Waals surface area (Å²) in [7, 11) is 0. The van der Waals surface area contributed by atoms with E-state index in [-0.39, 0.29) is 11.3 Å². The molecule has 1 saturated carbocycles. The minimum Gasteiger partial charge on any atom is -0.379 e. The summed E-state index contributed by atoms with van der Waals surface area (Å²) in [6.07, 6.45) is 9.00. The van der Waals surface area contributed by atoms with E-state index in [1.54, 1.807) is 0 Å². The molecule has 0 aromatic heterocycles. The van der Waals surface area contributed by atoms with Gasteiger partial charge in [-0.3, -0.25) is 4.79 Å². The summed E-state index contributed by atoms with van der Waals surface area (Å²) in [6.45, 7) is 8.32. The van der Waals surface area contributed by atoms with Gasteiger partial charge in [0.15, 0.2) is 5.60 Å². The van der Waals surface area contributed by atoms with Crippen molar-refractivity contribution in [1.29, 1.82) is 0 Å². The van der Waals surface area contributed by atoms with E-state index in [1.807, 2.05) is 4.90 Å². The van der Waals surface area contributed by atoms with Crippen molar-refractivity contribution in [2.24, 2.45) is 5.41 Å². The Bertz CT molecular complexity index is 370. The van der Waals surface area contributed by atoms with Gasteiger partial charge in [-0.25, -0.2) is 0 Å². The highest BCUT2D eigenvalue weighted by atomic mass is 16.3. The number of amides is 1. The van der Waals surface area contributed by atoms with Crippen LogP contribution >= 0.6 is 0 Å². The van der Waals surface area contributed by atoms with Gasteiger partial charge in [0.1, 0.15) is 0 Å². The Hall–Kier alpha value is -0.610. The minimum absolute atomic E-state index is 0.0720. The summed E-state index contributed by atoms with van der Waals surface area (Å²) in [5.41, 5.74) is -1.13. The van der Waals surface area contributed by atoms with Crippen LogP contribution in [0.15, 0.2) is 0 Å². The normalized spacial score (nSPS) is 28.7. The number of hydrogen-bond acceptors (Lipinski definition) is 3. The molecule has 1 heterocycles. The Balaban J connectivity index is 1.91. The number of aliphatic hydroxyl groups is 1. The average Bonchev–Trinajstić information content (AvgIpc) is 2.69. The Kier molecular flexibility index (Phi) is 5.89. The molecule has 0 aromatic rings. The van der Waals surface area contributed by atoms with Crippen molar-refractivity contribution >= 4 is 5.91 Å². The number of carbonyl (C=O) groups excluding carboxylic acids is 1. The molecule has 1 amide bonds. The first-order valence-electron chi connectivity index (χ1n) is 9.05. The van der Waals surface area contributed by atoms with Gasteiger partial charge in [-0.05, 0) is 31.1 Å². The summed E-state index contributed by atoms with van der Waals surface area (Å²) in [5.74, 6) is -0.0743. The molecule has 1 saturated heterocycles. The number of likely N-dealkylation sites (tertiary alicyclic amines) is 1. The minimum atomic E-state index is -1.20. The van der Waals surface area contributed by atoms with Crippen LogP contribution in [0.3, 0.4) is 0 Å². The molecule has 2 fully saturated rings. The molecular formula is C18H34N2O2. The van der Waals surface area contributed by atoms with Gasteiger partial charge in [0.05, 0.1) is 0 Å². The highest BCUT2D eigenvalue weighted by Crippen LogP contribution is 2.26. The fraction of sp³-hybridized carbons (Fsp3) is 0.944. The first kappa shape index (κ1) is 17.7. The van der Waals surface area contributed by atoms with E-state index >= 15 is 0 Å². The van der Waals surface area contributed by atoms with Crippen LogP contribution in [0.5, 0.6) is 0 Å². The smallest absolute Gasteiger partial charge is 0.255 e. The fourth-order valence-electron chi connectivity index (χ4n) is 3.75. The second-order valence-corrected chi connectivity index (χ2v) is 8.49. The van der Waals surface area contributed by atoms with Gasteiger partial charge in [0.2, 0.25) is 0 Å². The van der Waals surface area contributed by atoms with Crippen LogP contribution in [-0.4, -0.2) is 47.2 Å². The topological polar surface area (TPSA) is 52.6 Å². The summed E-state index contributed by atoms with van der Waals surface area (Å²) >= 11 is 0. The molecule has 0 radical (unpaired) electrons. The molecular weight excluding hydrogens is 276 g/mol. The summed E-state index contributed by atoms with van der Waals surface area (Å²) in [4.78, 5) is 14.6. The highest BCUT2D eigenvalue weighted by molar-refractivity contribution is 5.86. The summed E-state index contributed by atoms with van der Waals surface area (Å²) in [6, 6.07) is 0.470. The number of nitrogens with zero attached hydrogens (tertiary/aromatic N) is 1. The van der Waals surface area contributed by atoms with Crippen LogP contribution in [0.2, 0.25) is 0 Å². The quantitative estimate of drug-likeness (QED) is 0.785. The molecule has 1 aliphatic carbocycles. The van der Waals surface area contributed by atoms with Crippen LogP contribution < -0.4 is 5.32 Å². The molecule has 1 aliphatic heterocycles. The van der Waals surface area contributed by atoms with Crippen LogP contribution in [-0.2, 0) is 4.79 Å². The zero-order valence-corrected chi connectivity index (χ0v) is 14.7. The molecule has 1 atom stereocenters. The first-order valence-corrected chi connectivity index (χ1v) is 9.05. The molecule has 0 spiro atoms. The second-order valence-electron chi connectivity index (χ2n) is 8.49. The second kappa shape index (κ2) is 7.31. The zero-order valence-electron chi connectivity index (χ0n) is 14.7. The Morgan fingerprint density at radius 1 is 1.18 bits per heavy atom. The summed E-state index contributed by atoms with van der Waals surface area (Å²) in [5, 5.41) is 14.3. The zero-order chi connectivity index (χ0) is 16.2. The van der Waals surface area contributed by atoms with Gasteiger partial charge in [0.25, 0.3) is 5.91 Å². The maximum atomic E-state index is 12.7. The number of piperidine rings is 1. The summed E-state index contributed by atoms with van der Waals surface area (Å²) < 4.78 is 0. The van der Waals surface area contributed by atoms with Crippen molar-refractivity contribution in [3.8, 4) is 0 Å². The monoisotopic (exact) mass is 310 g/mol. The number of rotatable bonds is 4. The molecule has 2 aliphatic rings. The van der Waals surface area contributed by atoms with Crippen LogP contribution in [0.1, 0.15) is 72.1 Å². The molecule has 128 valence electrons. The van der Waals surface area contributed by atoms with Crippen molar-refractivity contribution in [2.75, 3.05) is 19.6 Å². The highest BCUT2D eigenvalue weighted by Gasteiger charge is 2.43. The SMILES string of the molecule is CC(C)(C)CN1CCC[C@](O)(CNC2CCCCCC2)C1=O. The molecule has 4 nitrogen and oxygen atoms in total. The fourth-order valence-corrected chi connectivity index (χ4v) is 3.75. The molecule has 2 N–H and O–H groups in total. The third kappa shape index (κ3) is 4.95. The lowest BCUT2D eigenvalue weighted by atomic mass is 9.88. The van der Waals surface area contributed by atoms with Gasteiger partial charge in [-0.1, -0.05) is 46.5 Å². The molecule has 0 bridgehead atoms. The van der Waals surface area contributed by atoms with Gasteiger partial charge < -0.3 is 15.3 Å². The van der Waals surface area contributed by atoms with Gasteiger partial charge >= 0.3 is 0 Å². The van der Waals surface area contributed by atoms with E-state index in [4.69, 9.17) is 0 Å². The largest absolute Gasteiger partial charge is 0.379 e. The van der Waals surface area contributed by atoms with E-state index in [9.17, 15) is 9.90 Å². The van der Waals surface area contributed by atoms with Crippen molar-refractivity contribution in [3.05, 3.63) is 0 Å². The van der Waals surface area contributed by atoms with Crippen molar-refractivity contribution in [1.82, 2.24) is 10.2 Å². The van der Waals surface area contributed by atoms with E-state index in [0.717, 1.165) is 19.5 Å². The lowest BCUT2D eigenvalue weighted by Crippen LogP contribution is -2.60. The Morgan fingerprint density at radius 2 is 1.82 bits per heavy atom. The Morgan fingerprint density at radius 3 is 2.41 bits per heavy atom.